The third-order valence-electron chi connectivity index (χ3n) is 6.60. The van der Waals surface area contributed by atoms with Crippen molar-refractivity contribution in [2.45, 2.75) is 63.3 Å². The first-order chi connectivity index (χ1) is 16.6. The third kappa shape index (κ3) is 4.93. The molecule has 9 heteroatoms. The van der Waals surface area contributed by atoms with E-state index >= 15 is 0 Å². The van der Waals surface area contributed by atoms with Crippen LogP contribution in [-0.2, 0) is 27.9 Å². The van der Waals surface area contributed by atoms with Crippen LogP contribution in [0.5, 0.6) is 5.75 Å². The number of likely N-dealkylation sites (tertiary alicyclic amines) is 1. The number of carbonyl (C=O) groups excluding carboxylic acids is 1. The van der Waals surface area contributed by atoms with Crippen molar-refractivity contribution in [3.05, 3.63) is 39.7 Å². The molecule has 2 aliphatic rings. The molecule has 1 atom stereocenters. The normalized spacial score (nSPS) is 19.0. The maximum Gasteiger partial charge on any atom is 0.410 e. The molecule has 1 unspecified atom stereocenters. The van der Waals surface area contributed by atoms with Crippen LogP contribution >= 0.6 is 11.8 Å². The molecule has 0 bridgehead atoms. The van der Waals surface area contributed by atoms with Crippen LogP contribution in [0, 0.1) is 0 Å². The molecular weight excluding hydrogens is 466 g/mol. The van der Waals surface area contributed by atoms with E-state index in [1.54, 1.807) is 23.7 Å². The molecule has 8 nitrogen and oxygen atoms in total. The van der Waals surface area contributed by atoms with Gasteiger partial charge in [0.05, 0.1) is 25.0 Å². The van der Waals surface area contributed by atoms with Crippen molar-refractivity contribution in [3.63, 3.8) is 0 Å². The molecule has 2 heterocycles. The first kappa shape index (κ1) is 25.6. The van der Waals surface area contributed by atoms with Crippen molar-refractivity contribution >= 4 is 17.9 Å². The Morgan fingerprint density at radius 1 is 1.26 bits per heavy atom. The smallest absolute Gasteiger partial charge is 0.410 e. The second-order valence-electron chi connectivity index (χ2n) is 10.1. The van der Waals surface area contributed by atoms with Gasteiger partial charge in [-0.15, -0.1) is 0 Å². The van der Waals surface area contributed by atoms with Crippen LogP contribution in [0.25, 0.3) is 11.3 Å². The Morgan fingerprint density at radius 3 is 2.69 bits per heavy atom. The van der Waals surface area contributed by atoms with Crippen LogP contribution in [0.1, 0.15) is 45.2 Å². The molecule has 190 valence electrons. The van der Waals surface area contributed by atoms with Gasteiger partial charge in [-0.3, -0.25) is 9.36 Å². The molecule has 0 saturated carbocycles. The standard InChI is InChI=1S/C26H35N3O5S/c1-7-29-22(30)20-21(27-23(29)35-13-12-32-5)19-9-8-18(33-6)14-17(19)15-26(20)10-11-28(16-26)24(31)34-25(2,3)4/h8-9,14H,7,10-13,15-16H2,1-6H3. The number of aromatic nitrogens is 2. The average Bonchev–Trinajstić information content (AvgIpc) is 3.22. The molecular formula is C26H35N3O5S. The van der Waals surface area contributed by atoms with Crippen LogP contribution in [-0.4, -0.2) is 65.8 Å². The van der Waals surface area contributed by atoms with E-state index in [0.717, 1.165) is 22.6 Å². The lowest BCUT2D eigenvalue weighted by Gasteiger charge is -2.36. The summed E-state index contributed by atoms with van der Waals surface area (Å²) in [6.45, 7) is 9.60. The highest BCUT2D eigenvalue weighted by atomic mass is 32.2. The minimum absolute atomic E-state index is 0.0232. The van der Waals surface area contributed by atoms with E-state index in [-0.39, 0.29) is 11.7 Å². The van der Waals surface area contributed by atoms with E-state index in [4.69, 9.17) is 19.2 Å². The van der Waals surface area contributed by atoms with Gasteiger partial charge in [-0.1, -0.05) is 11.8 Å². The Morgan fingerprint density at radius 2 is 2.03 bits per heavy atom. The van der Waals surface area contributed by atoms with Gasteiger partial charge in [0.25, 0.3) is 5.56 Å². The van der Waals surface area contributed by atoms with Gasteiger partial charge in [0.2, 0.25) is 0 Å². The first-order valence-electron chi connectivity index (χ1n) is 12.0. The molecule has 1 aliphatic heterocycles. The predicted molar refractivity (Wildman–Crippen MR) is 137 cm³/mol. The summed E-state index contributed by atoms with van der Waals surface area (Å²) in [7, 11) is 3.31. The predicted octanol–water partition coefficient (Wildman–Crippen LogP) is 4.11. The van der Waals surface area contributed by atoms with E-state index < -0.39 is 11.0 Å². The Bertz CT molecular complexity index is 1170. The summed E-state index contributed by atoms with van der Waals surface area (Å²) in [6.07, 6.45) is 0.970. The Kier molecular flexibility index (Phi) is 7.20. The average molecular weight is 502 g/mol. The van der Waals surface area contributed by atoms with Crippen molar-refractivity contribution in [1.82, 2.24) is 14.5 Å². The SMILES string of the molecule is CCn1c(SCCOC)nc2c(c1=O)C1(CCN(C(=O)OC(C)(C)C)C1)Cc1cc(OC)ccc1-2. The van der Waals surface area contributed by atoms with E-state index in [1.165, 1.54) is 11.8 Å². The number of benzene rings is 1. The van der Waals surface area contributed by atoms with Crippen molar-refractivity contribution in [2.75, 3.05) is 39.7 Å². The van der Waals surface area contributed by atoms with Gasteiger partial charge >= 0.3 is 6.09 Å². The van der Waals surface area contributed by atoms with Crippen molar-refractivity contribution in [2.24, 2.45) is 0 Å². The Hall–Kier alpha value is -2.52. The largest absolute Gasteiger partial charge is 0.497 e. The van der Waals surface area contributed by atoms with Gasteiger partial charge in [0, 0.05) is 43.5 Å². The second kappa shape index (κ2) is 9.85. The van der Waals surface area contributed by atoms with Crippen molar-refractivity contribution in [3.8, 4) is 17.0 Å². The summed E-state index contributed by atoms with van der Waals surface area (Å²) in [5.74, 6) is 1.47. The minimum atomic E-state index is -0.581. The van der Waals surface area contributed by atoms with Crippen molar-refractivity contribution < 1.29 is 19.0 Å². The number of ether oxygens (including phenoxy) is 3. The number of amides is 1. The monoisotopic (exact) mass is 501 g/mol. The number of carbonyl (C=O) groups is 1. The van der Waals surface area contributed by atoms with Crippen LogP contribution < -0.4 is 10.3 Å². The maximum absolute atomic E-state index is 14.0. The molecule has 1 aromatic heterocycles. The number of methoxy groups -OCH3 is 2. The lowest BCUT2D eigenvalue weighted by atomic mass is 9.69. The van der Waals surface area contributed by atoms with Crippen LogP contribution in [0.15, 0.2) is 28.2 Å². The highest BCUT2D eigenvalue weighted by Gasteiger charge is 2.49. The number of hydrogen-bond acceptors (Lipinski definition) is 7. The number of nitrogens with zero attached hydrogens (tertiary/aromatic N) is 3. The minimum Gasteiger partial charge on any atom is -0.497 e. The summed E-state index contributed by atoms with van der Waals surface area (Å²) >= 11 is 1.53. The molecule has 1 spiro atoms. The molecule has 0 radical (unpaired) electrons. The molecule has 1 amide bonds. The Balaban J connectivity index is 1.84. The fraction of sp³-hybridized carbons (Fsp3) is 0.577. The molecule has 35 heavy (non-hydrogen) atoms. The quantitative estimate of drug-likeness (QED) is 0.335. The zero-order chi connectivity index (χ0) is 25.4. The molecule has 1 aromatic carbocycles. The topological polar surface area (TPSA) is 82.9 Å². The number of rotatable bonds is 6. The van der Waals surface area contributed by atoms with Crippen molar-refractivity contribution in [1.29, 1.82) is 0 Å². The molecule has 0 N–H and O–H groups in total. The van der Waals surface area contributed by atoms with Gasteiger partial charge < -0.3 is 19.1 Å². The summed E-state index contributed by atoms with van der Waals surface area (Å²) in [6, 6.07) is 5.93. The summed E-state index contributed by atoms with van der Waals surface area (Å²) < 4.78 is 18.1. The molecule has 4 rings (SSSR count). The van der Waals surface area contributed by atoms with E-state index in [9.17, 15) is 9.59 Å². The van der Waals surface area contributed by atoms with E-state index in [2.05, 4.69) is 0 Å². The highest BCUT2D eigenvalue weighted by molar-refractivity contribution is 7.99. The zero-order valence-electron chi connectivity index (χ0n) is 21.5. The second-order valence-corrected chi connectivity index (χ2v) is 11.2. The molecule has 1 aliphatic carbocycles. The van der Waals surface area contributed by atoms with Gasteiger partial charge in [-0.05, 0) is 64.3 Å². The van der Waals surface area contributed by atoms with E-state index in [0.29, 0.717) is 55.6 Å². The third-order valence-corrected chi connectivity index (χ3v) is 7.54. The summed E-state index contributed by atoms with van der Waals surface area (Å²) in [4.78, 5) is 33.7. The fourth-order valence-corrected chi connectivity index (χ4v) is 6.00. The lowest BCUT2D eigenvalue weighted by molar-refractivity contribution is 0.0283. The molecule has 1 fully saturated rings. The zero-order valence-corrected chi connectivity index (χ0v) is 22.3. The van der Waals surface area contributed by atoms with Gasteiger partial charge in [0.1, 0.15) is 11.4 Å². The lowest BCUT2D eigenvalue weighted by Crippen LogP contribution is -2.45. The van der Waals surface area contributed by atoms with Crippen LogP contribution in [0.2, 0.25) is 0 Å². The Labute approximate surface area is 211 Å². The van der Waals surface area contributed by atoms with Crippen LogP contribution in [0.3, 0.4) is 0 Å². The maximum atomic E-state index is 14.0. The number of thioether (sulfide) groups is 1. The molecule has 2 aromatic rings. The first-order valence-corrected chi connectivity index (χ1v) is 13.0. The number of fused-ring (bicyclic) bond motifs is 4. The summed E-state index contributed by atoms with van der Waals surface area (Å²) in [5.41, 5.74) is 2.33. The molecule has 1 saturated heterocycles. The highest BCUT2D eigenvalue weighted by Crippen LogP contribution is 2.47. The van der Waals surface area contributed by atoms with Crippen LogP contribution in [0.4, 0.5) is 4.79 Å². The van der Waals surface area contributed by atoms with Gasteiger partial charge in [-0.2, -0.15) is 0 Å². The number of hydrogen-bond donors (Lipinski definition) is 0. The van der Waals surface area contributed by atoms with Gasteiger partial charge in [0.15, 0.2) is 5.16 Å². The van der Waals surface area contributed by atoms with Gasteiger partial charge in [-0.25, -0.2) is 9.78 Å². The van der Waals surface area contributed by atoms with E-state index in [1.807, 2.05) is 45.9 Å². The fourth-order valence-electron chi connectivity index (χ4n) is 5.04. The summed E-state index contributed by atoms with van der Waals surface area (Å²) in [5, 5.41) is 0.689.